The van der Waals surface area contributed by atoms with E-state index in [0.29, 0.717) is 27.0 Å². The summed E-state index contributed by atoms with van der Waals surface area (Å²) in [5, 5.41) is 6.46. The minimum atomic E-state index is -0.327. The molecule has 148 valence electrons. The van der Waals surface area contributed by atoms with Gasteiger partial charge in [-0.1, -0.05) is 29.4 Å². The van der Waals surface area contributed by atoms with Gasteiger partial charge in [0.25, 0.3) is 5.91 Å². The van der Waals surface area contributed by atoms with Crippen molar-refractivity contribution in [1.82, 2.24) is 4.98 Å². The van der Waals surface area contributed by atoms with E-state index in [4.69, 9.17) is 11.6 Å². The van der Waals surface area contributed by atoms with Crippen molar-refractivity contribution in [2.24, 2.45) is 0 Å². The van der Waals surface area contributed by atoms with Crippen LogP contribution < -0.4 is 10.6 Å². The molecule has 0 atom stereocenters. The lowest BCUT2D eigenvalue weighted by molar-refractivity contribution is -0.114. The molecule has 1 aromatic heterocycles. The number of aromatic nitrogens is 1. The molecule has 0 spiro atoms. The van der Waals surface area contributed by atoms with Gasteiger partial charge < -0.3 is 10.6 Å². The smallest absolute Gasteiger partial charge is 0.258 e. The van der Waals surface area contributed by atoms with Crippen molar-refractivity contribution in [2.45, 2.75) is 30.7 Å². The number of benzene rings is 2. The van der Waals surface area contributed by atoms with Crippen molar-refractivity contribution >= 4 is 46.6 Å². The third-order valence-electron chi connectivity index (χ3n) is 4.24. The van der Waals surface area contributed by atoms with Gasteiger partial charge in [0, 0.05) is 23.7 Å². The highest BCUT2D eigenvalue weighted by Crippen LogP contribution is 2.31. The summed E-state index contributed by atoms with van der Waals surface area (Å²) in [5.41, 5.74) is 3.79. The van der Waals surface area contributed by atoms with Crippen LogP contribution in [-0.4, -0.2) is 16.8 Å². The lowest BCUT2D eigenvalue weighted by Crippen LogP contribution is -2.14. The molecular formula is C22H20ClN3O2S. The van der Waals surface area contributed by atoms with Crippen LogP contribution in [0.4, 0.5) is 11.4 Å². The molecule has 3 rings (SSSR count). The number of pyridine rings is 1. The molecule has 0 bridgehead atoms. The van der Waals surface area contributed by atoms with E-state index in [2.05, 4.69) is 35.5 Å². The Morgan fingerprint density at radius 3 is 2.52 bits per heavy atom. The largest absolute Gasteiger partial charge is 0.326 e. The van der Waals surface area contributed by atoms with Crippen molar-refractivity contribution in [3.8, 4) is 0 Å². The summed E-state index contributed by atoms with van der Waals surface area (Å²) >= 11 is 7.65. The lowest BCUT2D eigenvalue weighted by Gasteiger charge is -2.12. The minimum Gasteiger partial charge on any atom is -0.326 e. The third kappa shape index (κ3) is 5.37. The number of anilines is 2. The van der Waals surface area contributed by atoms with E-state index in [1.165, 1.54) is 29.8 Å². The summed E-state index contributed by atoms with van der Waals surface area (Å²) in [5.74, 6) is -0.532. The summed E-state index contributed by atoms with van der Waals surface area (Å²) in [4.78, 5) is 29.6. The molecule has 3 aromatic rings. The Hall–Kier alpha value is -2.83. The summed E-state index contributed by atoms with van der Waals surface area (Å²) < 4.78 is 0. The molecule has 2 aromatic carbocycles. The SMILES string of the molecule is CC(=O)Nc1ccc(Cl)c(NC(=O)c2cccnc2Sc2ccc(C)c(C)c2)c1. The van der Waals surface area contributed by atoms with Gasteiger partial charge in [-0.25, -0.2) is 4.98 Å². The van der Waals surface area contributed by atoms with E-state index in [1.54, 1.807) is 36.5 Å². The third-order valence-corrected chi connectivity index (χ3v) is 5.58. The quantitative estimate of drug-likeness (QED) is 0.548. The van der Waals surface area contributed by atoms with Gasteiger partial charge in [-0.3, -0.25) is 9.59 Å². The van der Waals surface area contributed by atoms with E-state index in [-0.39, 0.29) is 11.8 Å². The molecule has 2 N–H and O–H groups in total. The maximum atomic E-state index is 12.9. The highest BCUT2D eigenvalue weighted by atomic mass is 35.5. The van der Waals surface area contributed by atoms with Gasteiger partial charge in [0.1, 0.15) is 5.03 Å². The Morgan fingerprint density at radius 1 is 1.00 bits per heavy atom. The summed E-state index contributed by atoms with van der Waals surface area (Å²) in [6.07, 6.45) is 1.66. The lowest BCUT2D eigenvalue weighted by atomic mass is 10.1. The predicted octanol–water partition coefficient (Wildman–Crippen LogP) is 5.71. The number of halogens is 1. The average molecular weight is 426 g/mol. The monoisotopic (exact) mass is 425 g/mol. The number of hydrogen-bond acceptors (Lipinski definition) is 4. The zero-order valence-corrected chi connectivity index (χ0v) is 17.8. The van der Waals surface area contributed by atoms with E-state index < -0.39 is 0 Å². The van der Waals surface area contributed by atoms with Crippen LogP contribution in [0.15, 0.2) is 64.6 Å². The first-order valence-electron chi connectivity index (χ1n) is 8.92. The van der Waals surface area contributed by atoms with Gasteiger partial charge in [0.05, 0.1) is 16.3 Å². The molecule has 2 amide bonds. The van der Waals surface area contributed by atoms with E-state index >= 15 is 0 Å². The fraction of sp³-hybridized carbons (Fsp3) is 0.136. The van der Waals surface area contributed by atoms with Crippen LogP contribution in [0.3, 0.4) is 0 Å². The van der Waals surface area contributed by atoms with Gasteiger partial charge >= 0.3 is 0 Å². The molecule has 0 aliphatic rings. The molecule has 0 aliphatic heterocycles. The molecular weight excluding hydrogens is 406 g/mol. The first-order chi connectivity index (χ1) is 13.8. The zero-order chi connectivity index (χ0) is 21.0. The van der Waals surface area contributed by atoms with Crippen LogP contribution >= 0.6 is 23.4 Å². The molecule has 0 radical (unpaired) electrons. The molecule has 5 nitrogen and oxygen atoms in total. The molecule has 29 heavy (non-hydrogen) atoms. The molecule has 0 saturated carbocycles. The Labute approximate surface area is 178 Å². The summed E-state index contributed by atoms with van der Waals surface area (Å²) in [6, 6.07) is 14.5. The molecule has 7 heteroatoms. The van der Waals surface area contributed by atoms with Crippen molar-refractivity contribution in [3.63, 3.8) is 0 Å². The highest BCUT2D eigenvalue weighted by Gasteiger charge is 2.15. The van der Waals surface area contributed by atoms with Crippen LogP contribution in [0.1, 0.15) is 28.4 Å². The second-order valence-corrected chi connectivity index (χ2v) is 8.00. The Bertz CT molecular complexity index is 1090. The van der Waals surface area contributed by atoms with E-state index in [1.807, 2.05) is 12.1 Å². The highest BCUT2D eigenvalue weighted by molar-refractivity contribution is 7.99. The number of hydrogen-bond donors (Lipinski definition) is 2. The number of amides is 2. The second-order valence-electron chi connectivity index (χ2n) is 6.53. The maximum Gasteiger partial charge on any atom is 0.258 e. The van der Waals surface area contributed by atoms with E-state index in [9.17, 15) is 9.59 Å². The fourth-order valence-electron chi connectivity index (χ4n) is 2.63. The molecule has 1 heterocycles. The van der Waals surface area contributed by atoms with E-state index in [0.717, 1.165) is 4.90 Å². The van der Waals surface area contributed by atoms with Crippen LogP contribution in [0.5, 0.6) is 0 Å². The van der Waals surface area contributed by atoms with Crippen LogP contribution in [0, 0.1) is 13.8 Å². The molecule has 0 saturated heterocycles. The van der Waals surface area contributed by atoms with Crippen molar-refractivity contribution < 1.29 is 9.59 Å². The van der Waals surface area contributed by atoms with Crippen molar-refractivity contribution in [2.75, 3.05) is 10.6 Å². The summed E-state index contributed by atoms with van der Waals surface area (Å²) in [6.45, 7) is 5.52. The van der Waals surface area contributed by atoms with Crippen LogP contribution in [0.2, 0.25) is 5.02 Å². The first-order valence-corrected chi connectivity index (χ1v) is 10.1. The summed E-state index contributed by atoms with van der Waals surface area (Å²) in [7, 11) is 0. The van der Waals surface area contributed by atoms with Crippen LogP contribution in [0.25, 0.3) is 0 Å². The maximum absolute atomic E-state index is 12.9. The van der Waals surface area contributed by atoms with Gasteiger partial charge in [0.2, 0.25) is 5.91 Å². The van der Waals surface area contributed by atoms with Crippen LogP contribution in [-0.2, 0) is 4.79 Å². The molecule has 0 unspecified atom stereocenters. The number of aryl methyl sites for hydroxylation is 2. The van der Waals surface area contributed by atoms with Gasteiger partial charge in [0.15, 0.2) is 0 Å². The number of nitrogens with one attached hydrogen (secondary N) is 2. The predicted molar refractivity (Wildman–Crippen MR) is 118 cm³/mol. The van der Waals surface area contributed by atoms with Gasteiger partial charge in [-0.05, 0) is 67.4 Å². The Morgan fingerprint density at radius 2 is 1.79 bits per heavy atom. The van der Waals surface area contributed by atoms with Gasteiger partial charge in [-0.15, -0.1) is 0 Å². The topological polar surface area (TPSA) is 71.1 Å². The number of nitrogens with zero attached hydrogens (tertiary/aromatic N) is 1. The second kappa shape index (κ2) is 9.11. The minimum absolute atomic E-state index is 0.205. The number of carbonyl (C=O) groups excluding carboxylic acids is 2. The van der Waals surface area contributed by atoms with Crippen molar-refractivity contribution in [3.05, 3.63) is 76.4 Å². The van der Waals surface area contributed by atoms with Gasteiger partial charge in [-0.2, -0.15) is 0 Å². The number of carbonyl (C=O) groups is 2. The average Bonchev–Trinajstić information content (AvgIpc) is 2.67. The Balaban J connectivity index is 1.85. The normalized spacial score (nSPS) is 10.5. The Kier molecular flexibility index (Phi) is 6.56. The first kappa shape index (κ1) is 20.9. The molecule has 0 aliphatic carbocycles. The molecule has 0 fully saturated rings. The van der Waals surface area contributed by atoms with Crippen molar-refractivity contribution in [1.29, 1.82) is 0 Å². The standard InChI is InChI=1S/C22H20ClN3O2S/c1-13-6-8-17(11-14(13)2)29-22-18(5-4-10-24-22)21(28)26-20-12-16(25-15(3)27)7-9-19(20)23/h4-12H,1-3H3,(H,25,27)(H,26,28). The fourth-order valence-corrected chi connectivity index (χ4v) is 3.77. The zero-order valence-electron chi connectivity index (χ0n) is 16.2. The number of rotatable bonds is 5.